The van der Waals surface area contributed by atoms with Gasteiger partial charge in [0.05, 0.1) is 18.3 Å². The van der Waals surface area contributed by atoms with Crippen molar-refractivity contribution in [1.82, 2.24) is 0 Å². The predicted molar refractivity (Wildman–Crippen MR) is 69.8 cm³/mol. The molecule has 0 aliphatic carbocycles. The molecular weight excluding hydrogens is 214 g/mol. The average Bonchev–Trinajstić information content (AvgIpc) is 2.26. The second kappa shape index (κ2) is 6.15. The lowest BCUT2D eigenvalue weighted by Gasteiger charge is -2.25. The second-order valence-corrected chi connectivity index (χ2v) is 5.34. The molecule has 0 bridgehead atoms. The lowest BCUT2D eigenvalue weighted by Crippen LogP contribution is -2.41. The molecule has 0 aliphatic rings. The highest BCUT2D eigenvalue weighted by molar-refractivity contribution is 5.16. The molecule has 0 aromatic heterocycles. The Morgan fingerprint density at radius 3 is 2.35 bits per heavy atom. The maximum absolute atomic E-state index is 9.89. The molecule has 1 aromatic rings. The van der Waals surface area contributed by atoms with Crippen LogP contribution in [0.4, 0.5) is 0 Å². The van der Waals surface area contributed by atoms with E-state index in [9.17, 15) is 5.11 Å². The van der Waals surface area contributed by atoms with Crippen LogP contribution in [-0.2, 0) is 11.2 Å². The van der Waals surface area contributed by atoms with Crippen molar-refractivity contribution in [2.45, 2.75) is 44.9 Å². The molecule has 3 N–H and O–H groups in total. The van der Waals surface area contributed by atoms with Gasteiger partial charge in [-0.15, -0.1) is 0 Å². The van der Waals surface area contributed by atoms with Crippen molar-refractivity contribution < 1.29 is 9.84 Å². The van der Waals surface area contributed by atoms with Crippen LogP contribution < -0.4 is 5.73 Å². The largest absolute Gasteiger partial charge is 0.389 e. The topological polar surface area (TPSA) is 55.5 Å². The van der Waals surface area contributed by atoms with Gasteiger partial charge in [-0.05, 0) is 32.8 Å². The van der Waals surface area contributed by atoms with Crippen LogP contribution in [0.5, 0.6) is 0 Å². The van der Waals surface area contributed by atoms with Crippen LogP contribution >= 0.6 is 0 Å². The van der Waals surface area contributed by atoms with Crippen LogP contribution in [0.1, 0.15) is 26.3 Å². The third kappa shape index (κ3) is 5.82. The Labute approximate surface area is 104 Å². The van der Waals surface area contributed by atoms with Crippen LogP contribution in [0.15, 0.2) is 30.3 Å². The molecule has 0 aliphatic heterocycles. The van der Waals surface area contributed by atoms with E-state index >= 15 is 0 Å². The van der Waals surface area contributed by atoms with Crippen molar-refractivity contribution in [1.29, 1.82) is 0 Å². The maximum Gasteiger partial charge on any atom is 0.0927 e. The molecule has 3 heteroatoms. The molecule has 0 heterocycles. The summed E-state index contributed by atoms with van der Waals surface area (Å²) in [5.74, 6) is 0. The van der Waals surface area contributed by atoms with E-state index in [0.717, 1.165) is 5.56 Å². The summed E-state index contributed by atoms with van der Waals surface area (Å²) in [4.78, 5) is 0. The predicted octanol–water partition coefficient (Wildman–Crippen LogP) is 1.73. The second-order valence-electron chi connectivity index (χ2n) is 5.34. The first-order valence-corrected chi connectivity index (χ1v) is 6.00. The zero-order valence-electron chi connectivity index (χ0n) is 10.9. The molecule has 2 unspecified atom stereocenters. The number of nitrogens with two attached hydrogens (primary N) is 1. The molecule has 3 nitrogen and oxygen atoms in total. The average molecular weight is 237 g/mol. The van der Waals surface area contributed by atoms with Gasteiger partial charge < -0.3 is 15.6 Å². The van der Waals surface area contributed by atoms with Gasteiger partial charge in [0.25, 0.3) is 0 Å². The van der Waals surface area contributed by atoms with Crippen LogP contribution in [0.2, 0.25) is 0 Å². The monoisotopic (exact) mass is 237 g/mol. The number of ether oxygens (including phenoxy) is 1. The fraction of sp³-hybridized carbons (Fsp3) is 0.571. The minimum Gasteiger partial charge on any atom is -0.389 e. The molecule has 17 heavy (non-hydrogen) atoms. The summed E-state index contributed by atoms with van der Waals surface area (Å²) >= 11 is 0. The molecule has 0 saturated carbocycles. The van der Waals surface area contributed by atoms with E-state index in [1.54, 1.807) is 0 Å². The summed E-state index contributed by atoms with van der Waals surface area (Å²) < 4.78 is 5.52. The number of rotatable bonds is 5. The van der Waals surface area contributed by atoms with Crippen LogP contribution in [0, 0.1) is 0 Å². The van der Waals surface area contributed by atoms with Gasteiger partial charge in [0.15, 0.2) is 0 Å². The van der Waals surface area contributed by atoms with E-state index in [4.69, 9.17) is 10.5 Å². The van der Waals surface area contributed by atoms with E-state index in [1.165, 1.54) is 0 Å². The summed E-state index contributed by atoms with van der Waals surface area (Å²) in [7, 11) is 0. The van der Waals surface area contributed by atoms with Crippen molar-refractivity contribution >= 4 is 0 Å². The fourth-order valence-corrected chi connectivity index (χ4v) is 1.48. The van der Waals surface area contributed by atoms with Gasteiger partial charge in [-0.2, -0.15) is 0 Å². The summed E-state index contributed by atoms with van der Waals surface area (Å²) in [6.45, 7) is 6.16. The fourth-order valence-electron chi connectivity index (χ4n) is 1.48. The summed E-state index contributed by atoms with van der Waals surface area (Å²) in [6, 6.07) is 9.64. The van der Waals surface area contributed by atoms with Crippen molar-refractivity contribution in [3.63, 3.8) is 0 Å². The van der Waals surface area contributed by atoms with Gasteiger partial charge in [-0.3, -0.25) is 0 Å². The lowest BCUT2D eigenvalue weighted by atomic mass is 10.0. The van der Waals surface area contributed by atoms with Crippen molar-refractivity contribution in [3.05, 3.63) is 35.9 Å². The Morgan fingerprint density at radius 1 is 1.24 bits per heavy atom. The first-order chi connectivity index (χ1) is 7.88. The van der Waals surface area contributed by atoms with Gasteiger partial charge in [-0.25, -0.2) is 0 Å². The normalized spacial score (nSPS) is 15.6. The maximum atomic E-state index is 9.89. The molecule has 96 valence electrons. The Hall–Kier alpha value is -0.900. The Morgan fingerprint density at radius 2 is 1.82 bits per heavy atom. The number of aliphatic hydroxyl groups is 1. The summed E-state index contributed by atoms with van der Waals surface area (Å²) in [5.41, 5.74) is 6.84. The first-order valence-electron chi connectivity index (χ1n) is 6.00. The van der Waals surface area contributed by atoms with E-state index in [-0.39, 0.29) is 18.2 Å². The van der Waals surface area contributed by atoms with Crippen LogP contribution in [0.3, 0.4) is 0 Å². The number of hydrogen-bond acceptors (Lipinski definition) is 3. The van der Waals surface area contributed by atoms with E-state index in [0.29, 0.717) is 6.42 Å². The Balaban J connectivity index is 2.40. The Bertz CT molecular complexity index is 319. The van der Waals surface area contributed by atoms with Gasteiger partial charge in [0, 0.05) is 6.04 Å². The molecule has 1 rings (SSSR count). The van der Waals surface area contributed by atoms with Gasteiger partial charge >= 0.3 is 0 Å². The Kier molecular flexibility index (Phi) is 5.12. The molecule has 2 atom stereocenters. The first kappa shape index (κ1) is 14.2. The van der Waals surface area contributed by atoms with E-state index in [2.05, 4.69) is 0 Å². The van der Waals surface area contributed by atoms with Gasteiger partial charge in [0.2, 0.25) is 0 Å². The van der Waals surface area contributed by atoms with Crippen molar-refractivity contribution in [2.24, 2.45) is 5.73 Å². The molecular formula is C14H23NO2. The summed E-state index contributed by atoms with van der Waals surface area (Å²) in [6.07, 6.45) is 0.0321. The minimum absolute atomic E-state index is 0.243. The molecule has 0 radical (unpaired) electrons. The van der Waals surface area contributed by atoms with Crippen LogP contribution in [-0.4, -0.2) is 29.5 Å². The quantitative estimate of drug-likeness (QED) is 0.820. The molecule has 0 saturated heterocycles. The zero-order chi connectivity index (χ0) is 12.9. The highest BCUT2D eigenvalue weighted by atomic mass is 16.5. The smallest absolute Gasteiger partial charge is 0.0927 e. The number of benzene rings is 1. The number of aliphatic hydroxyl groups excluding tert-OH is 1. The summed E-state index contributed by atoms with van der Waals surface area (Å²) in [5, 5.41) is 9.89. The standard InChI is InChI=1S/C14H23NO2/c1-14(2,3)17-10-13(16)12(15)9-11-7-5-4-6-8-11/h4-8,12-13,16H,9-10,15H2,1-3H3. The van der Waals surface area contributed by atoms with Crippen molar-refractivity contribution in [2.75, 3.05) is 6.61 Å². The molecule has 0 spiro atoms. The highest BCUT2D eigenvalue weighted by Crippen LogP contribution is 2.10. The highest BCUT2D eigenvalue weighted by Gasteiger charge is 2.19. The van der Waals surface area contributed by atoms with Gasteiger partial charge in [0.1, 0.15) is 0 Å². The lowest BCUT2D eigenvalue weighted by molar-refractivity contribution is -0.0546. The van der Waals surface area contributed by atoms with Crippen molar-refractivity contribution in [3.8, 4) is 0 Å². The number of hydrogen-bond donors (Lipinski definition) is 2. The third-order valence-electron chi connectivity index (χ3n) is 2.50. The third-order valence-corrected chi connectivity index (χ3v) is 2.50. The molecule has 0 fully saturated rings. The van der Waals surface area contributed by atoms with Crippen LogP contribution in [0.25, 0.3) is 0 Å². The molecule has 1 aromatic carbocycles. The van der Waals surface area contributed by atoms with E-state index in [1.807, 2.05) is 51.1 Å². The van der Waals surface area contributed by atoms with Gasteiger partial charge in [-0.1, -0.05) is 30.3 Å². The minimum atomic E-state index is -0.630. The molecule has 0 amide bonds. The SMILES string of the molecule is CC(C)(C)OCC(O)C(N)Cc1ccccc1. The zero-order valence-corrected chi connectivity index (χ0v) is 10.9. The van der Waals surface area contributed by atoms with E-state index < -0.39 is 6.10 Å².